The summed E-state index contributed by atoms with van der Waals surface area (Å²) in [7, 11) is 0. The predicted molar refractivity (Wildman–Crippen MR) is 108 cm³/mol. The van der Waals surface area contributed by atoms with Crippen LogP contribution in [0, 0.1) is 12.7 Å². The molecule has 0 bridgehead atoms. The first-order valence-electron chi connectivity index (χ1n) is 7.93. The molecular formula is C17H24Cl2FN3O2S. The minimum atomic E-state index is -0.306. The topological polar surface area (TPSA) is 63.2 Å². The average Bonchev–Trinajstić information content (AvgIpc) is 2.95. The van der Waals surface area contributed by atoms with Crippen molar-refractivity contribution in [3.05, 3.63) is 45.7 Å². The zero-order valence-electron chi connectivity index (χ0n) is 14.7. The Morgan fingerprint density at radius 3 is 2.54 bits per heavy atom. The Kier molecular flexibility index (Phi) is 12.2. The van der Waals surface area contributed by atoms with Gasteiger partial charge in [-0.25, -0.2) is 9.37 Å². The van der Waals surface area contributed by atoms with Gasteiger partial charge in [0, 0.05) is 13.1 Å². The Hall–Kier alpha value is -1.41. The predicted octanol–water partition coefficient (Wildman–Crippen LogP) is 3.74. The molecular weight excluding hydrogens is 400 g/mol. The van der Waals surface area contributed by atoms with Crippen LogP contribution in [-0.2, 0) is 6.61 Å². The van der Waals surface area contributed by atoms with Crippen molar-refractivity contribution < 1.29 is 13.9 Å². The maximum Gasteiger partial charge on any atom is 0.263 e. The van der Waals surface area contributed by atoms with Crippen LogP contribution >= 0.6 is 36.2 Å². The molecule has 0 unspecified atom stereocenters. The van der Waals surface area contributed by atoms with Crippen molar-refractivity contribution in [3.8, 4) is 5.75 Å². The Balaban J connectivity index is 0.00000312. The highest BCUT2D eigenvalue weighted by Crippen LogP contribution is 2.20. The van der Waals surface area contributed by atoms with Crippen LogP contribution in [0.3, 0.4) is 0 Å². The molecule has 5 nitrogen and oxygen atoms in total. The third-order valence-corrected chi connectivity index (χ3v) is 4.37. The molecule has 26 heavy (non-hydrogen) atoms. The number of rotatable bonds is 9. The fourth-order valence-corrected chi connectivity index (χ4v) is 2.94. The van der Waals surface area contributed by atoms with Crippen LogP contribution in [0.25, 0.3) is 0 Å². The van der Waals surface area contributed by atoms with Crippen LogP contribution in [0.1, 0.15) is 33.7 Å². The summed E-state index contributed by atoms with van der Waals surface area (Å²) in [6, 6.07) is 5.81. The first kappa shape index (κ1) is 24.6. The van der Waals surface area contributed by atoms with Gasteiger partial charge in [0.1, 0.15) is 28.1 Å². The molecule has 0 atom stereocenters. The van der Waals surface area contributed by atoms with E-state index in [1.807, 2.05) is 6.92 Å². The quantitative estimate of drug-likeness (QED) is 0.602. The molecule has 1 aromatic carbocycles. The zero-order chi connectivity index (χ0) is 17.4. The highest BCUT2D eigenvalue weighted by atomic mass is 35.5. The lowest BCUT2D eigenvalue weighted by Crippen LogP contribution is -2.32. The first-order valence-corrected chi connectivity index (χ1v) is 8.75. The van der Waals surface area contributed by atoms with E-state index in [0.717, 1.165) is 19.5 Å². The molecule has 9 heteroatoms. The van der Waals surface area contributed by atoms with Crippen molar-refractivity contribution in [2.24, 2.45) is 0 Å². The molecule has 2 rings (SSSR count). The van der Waals surface area contributed by atoms with Gasteiger partial charge in [-0.3, -0.25) is 4.79 Å². The van der Waals surface area contributed by atoms with Gasteiger partial charge in [-0.1, -0.05) is 6.92 Å². The normalized spacial score (nSPS) is 9.81. The maximum atomic E-state index is 12.9. The minimum Gasteiger partial charge on any atom is -0.486 e. The van der Waals surface area contributed by atoms with Gasteiger partial charge < -0.3 is 15.4 Å². The number of amides is 1. The average molecular weight is 424 g/mol. The largest absolute Gasteiger partial charge is 0.486 e. The molecule has 146 valence electrons. The van der Waals surface area contributed by atoms with E-state index < -0.39 is 0 Å². The summed E-state index contributed by atoms with van der Waals surface area (Å²) in [5, 5.41) is 6.82. The number of thiazole rings is 1. The van der Waals surface area contributed by atoms with E-state index in [1.165, 1.54) is 23.5 Å². The minimum absolute atomic E-state index is 0. The number of carbonyl (C=O) groups excluding carboxylic acids is 1. The second-order valence-electron chi connectivity index (χ2n) is 5.27. The highest BCUT2D eigenvalue weighted by molar-refractivity contribution is 7.13. The Labute approximate surface area is 169 Å². The van der Waals surface area contributed by atoms with Gasteiger partial charge in [0.15, 0.2) is 0 Å². The van der Waals surface area contributed by atoms with Crippen LogP contribution in [0.5, 0.6) is 5.75 Å². The molecule has 1 amide bonds. The standard InChI is InChI=1S/C17H22FN3O2S.2ClH/c1-3-8-19-9-10-20-17(22)16-12(2)21-15(24-16)11-23-14-6-4-13(18)5-7-14;;/h4-7,19H,3,8-11H2,1-2H3,(H,20,22);2*1H. The highest BCUT2D eigenvalue weighted by Gasteiger charge is 2.15. The van der Waals surface area contributed by atoms with Crippen molar-refractivity contribution in [3.63, 3.8) is 0 Å². The lowest BCUT2D eigenvalue weighted by molar-refractivity contribution is 0.0957. The van der Waals surface area contributed by atoms with Gasteiger partial charge in [-0.2, -0.15) is 0 Å². The fraction of sp³-hybridized carbons (Fsp3) is 0.412. The summed E-state index contributed by atoms with van der Waals surface area (Å²) >= 11 is 1.32. The van der Waals surface area contributed by atoms with Gasteiger partial charge in [0.25, 0.3) is 5.91 Å². The number of benzene rings is 1. The molecule has 0 aliphatic rings. The van der Waals surface area contributed by atoms with Crippen molar-refractivity contribution in [2.45, 2.75) is 26.9 Å². The third-order valence-electron chi connectivity index (χ3n) is 3.24. The summed E-state index contributed by atoms with van der Waals surface area (Å²) in [6.07, 6.45) is 1.07. The van der Waals surface area contributed by atoms with Gasteiger partial charge >= 0.3 is 0 Å². The molecule has 0 saturated heterocycles. The van der Waals surface area contributed by atoms with Gasteiger partial charge in [0.05, 0.1) is 5.69 Å². The van der Waals surface area contributed by atoms with E-state index in [1.54, 1.807) is 12.1 Å². The number of hydrogen-bond donors (Lipinski definition) is 2. The molecule has 0 fully saturated rings. The van der Waals surface area contributed by atoms with Crippen molar-refractivity contribution in [1.29, 1.82) is 0 Å². The van der Waals surface area contributed by atoms with Crippen LogP contribution in [0.2, 0.25) is 0 Å². The smallest absolute Gasteiger partial charge is 0.263 e. The molecule has 2 N–H and O–H groups in total. The second kappa shape index (κ2) is 12.9. The Bertz CT molecular complexity index is 669. The molecule has 1 aromatic heterocycles. The van der Waals surface area contributed by atoms with Gasteiger partial charge in [-0.05, 0) is 44.2 Å². The molecule has 0 spiro atoms. The number of nitrogens with one attached hydrogen (secondary N) is 2. The van der Waals surface area contributed by atoms with E-state index in [2.05, 4.69) is 22.5 Å². The van der Waals surface area contributed by atoms with Gasteiger partial charge in [-0.15, -0.1) is 36.2 Å². The van der Waals surface area contributed by atoms with Crippen LogP contribution in [0.4, 0.5) is 4.39 Å². The number of aryl methyl sites for hydroxylation is 1. The number of aromatic nitrogens is 1. The molecule has 2 aromatic rings. The fourth-order valence-electron chi connectivity index (χ4n) is 2.05. The van der Waals surface area contributed by atoms with Crippen molar-refractivity contribution in [1.82, 2.24) is 15.6 Å². The van der Waals surface area contributed by atoms with E-state index in [9.17, 15) is 9.18 Å². The maximum absolute atomic E-state index is 12.9. The summed E-state index contributed by atoms with van der Waals surface area (Å²) in [6.45, 7) is 6.43. The number of carbonyl (C=O) groups is 1. The van der Waals surface area contributed by atoms with E-state index in [0.29, 0.717) is 27.9 Å². The Morgan fingerprint density at radius 1 is 1.19 bits per heavy atom. The van der Waals surface area contributed by atoms with Crippen molar-refractivity contribution >= 4 is 42.1 Å². The van der Waals surface area contributed by atoms with E-state index in [-0.39, 0.29) is 43.1 Å². The summed E-state index contributed by atoms with van der Waals surface area (Å²) in [5.74, 6) is 0.147. The number of hydrogen-bond acceptors (Lipinski definition) is 5. The van der Waals surface area contributed by atoms with E-state index >= 15 is 0 Å². The van der Waals surface area contributed by atoms with E-state index in [4.69, 9.17) is 4.74 Å². The molecule has 0 aliphatic heterocycles. The van der Waals surface area contributed by atoms with Crippen LogP contribution < -0.4 is 15.4 Å². The number of halogens is 3. The lowest BCUT2D eigenvalue weighted by atomic mass is 10.3. The SMILES string of the molecule is CCCNCCNC(=O)c1sc(COc2ccc(F)cc2)nc1C.Cl.Cl. The van der Waals surface area contributed by atoms with Gasteiger partial charge in [0.2, 0.25) is 0 Å². The number of nitrogens with zero attached hydrogens (tertiary/aromatic N) is 1. The monoisotopic (exact) mass is 423 g/mol. The van der Waals surface area contributed by atoms with Crippen LogP contribution in [0.15, 0.2) is 24.3 Å². The number of ether oxygens (including phenoxy) is 1. The summed E-state index contributed by atoms with van der Waals surface area (Å²) < 4.78 is 18.4. The zero-order valence-corrected chi connectivity index (χ0v) is 17.2. The van der Waals surface area contributed by atoms with Crippen molar-refractivity contribution in [2.75, 3.05) is 19.6 Å². The third kappa shape index (κ3) is 7.86. The Morgan fingerprint density at radius 2 is 1.88 bits per heavy atom. The molecule has 0 radical (unpaired) electrons. The molecule has 0 saturated carbocycles. The second-order valence-corrected chi connectivity index (χ2v) is 6.35. The van der Waals surface area contributed by atoms with Crippen LogP contribution in [-0.4, -0.2) is 30.5 Å². The molecule has 0 aliphatic carbocycles. The first-order chi connectivity index (χ1) is 11.6. The lowest BCUT2D eigenvalue weighted by Gasteiger charge is -2.05. The summed E-state index contributed by atoms with van der Waals surface area (Å²) in [4.78, 5) is 17.1. The molecule has 1 heterocycles. The summed E-state index contributed by atoms with van der Waals surface area (Å²) in [5.41, 5.74) is 0.691.